The van der Waals surface area contributed by atoms with Crippen molar-refractivity contribution < 1.29 is 14.3 Å². The first-order valence-corrected chi connectivity index (χ1v) is 10.1. The van der Waals surface area contributed by atoms with Crippen LogP contribution in [0.25, 0.3) is 0 Å². The molecular formula is C21H34O3. The summed E-state index contributed by atoms with van der Waals surface area (Å²) in [6.45, 7) is 5.41. The van der Waals surface area contributed by atoms with E-state index in [0.717, 1.165) is 30.6 Å². The van der Waals surface area contributed by atoms with Gasteiger partial charge >= 0.3 is 0 Å². The van der Waals surface area contributed by atoms with E-state index in [1.807, 2.05) is 0 Å². The lowest BCUT2D eigenvalue weighted by atomic mass is 9.45. The molecule has 4 rings (SSSR count). The summed E-state index contributed by atoms with van der Waals surface area (Å²) in [6, 6.07) is 0. The van der Waals surface area contributed by atoms with Gasteiger partial charge in [0.05, 0.1) is 6.10 Å². The van der Waals surface area contributed by atoms with E-state index in [-0.39, 0.29) is 0 Å². The molecule has 0 spiro atoms. The van der Waals surface area contributed by atoms with E-state index in [2.05, 4.69) is 13.8 Å². The van der Waals surface area contributed by atoms with Gasteiger partial charge in [-0.25, -0.2) is 0 Å². The van der Waals surface area contributed by atoms with Crippen LogP contribution in [-0.4, -0.2) is 25.8 Å². The summed E-state index contributed by atoms with van der Waals surface area (Å²) in [5.74, 6) is 3.64. The standard InChI is InChI=1S/C21H34O3/c1-20-8-7-18-17(19(20)11-15(22)12-20)5-4-14-10-16(24-13-23-3)6-9-21(14,18)2/h14,16-19H,4-13H2,1-3H3/t14-,16-,17-,18+,19+,20-,21+/m0/s1. The third kappa shape index (κ3) is 2.58. The number of fused-ring (bicyclic) bond motifs is 5. The Hall–Kier alpha value is -0.410. The van der Waals surface area contributed by atoms with Crippen LogP contribution in [0.5, 0.6) is 0 Å². The highest BCUT2D eigenvalue weighted by molar-refractivity contribution is 5.82. The highest BCUT2D eigenvalue weighted by Crippen LogP contribution is 2.65. The monoisotopic (exact) mass is 334 g/mol. The summed E-state index contributed by atoms with van der Waals surface area (Å²) in [5, 5.41) is 0. The molecule has 0 aromatic rings. The maximum absolute atomic E-state index is 12.2. The van der Waals surface area contributed by atoms with Crippen LogP contribution < -0.4 is 0 Å². The van der Waals surface area contributed by atoms with Crippen molar-refractivity contribution in [2.45, 2.75) is 77.7 Å². The van der Waals surface area contributed by atoms with Gasteiger partial charge in [-0.3, -0.25) is 4.79 Å². The third-order valence-corrected chi connectivity index (χ3v) is 8.61. The van der Waals surface area contributed by atoms with Crippen LogP contribution >= 0.6 is 0 Å². The molecule has 0 aromatic carbocycles. The molecule has 0 bridgehead atoms. The van der Waals surface area contributed by atoms with Crippen molar-refractivity contribution in [2.75, 3.05) is 13.9 Å². The van der Waals surface area contributed by atoms with Crippen LogP contribution in [0.15, 0.2) is 0 Å². The average Bonchev–Trinajstić information content (AvgIpc) is 2.87. The Morgan fingerprint density at radius 3 is 2.71 bits per heavy atom. The number of ketones is 1. The molecule has 0 saturated heterocycles. The van der Waals surface area contributed by atoms with Crippen molar-refractivity contribution in [1.29, 1.82) is 0 Å². The second-order valence-corrected chi connectivity index (χ2v) is 9.74. The van der Waals surface area contributed by atoms with Gasteiger partial charge in [-0.1, -0.05) is 13.8 Å². The molecule has 4 aliphatic carbocycles. The Labute approximate surface area is 146 Å². The average molecular weight is 335 g/mol. The molecule has 0 radical (unpaired) electrons. The van der Waals surface area contributed by atoms with E-state index in [4.69, 9.17) is 9.47 Å². The lowest BCUT2D eigenvalue weighted by Crippen LogP contribution is -2.53. The van der Waals surface area contributed by atoms with Gasteiger partial charge in [0.1, 0.15) is 12.6 Å². The molecule has 7 atom stereocenters. The highest BCUT2D eigenvalue weighted by atomic mass is 16.7. The topological polar surface area (TPSA) is 35.5 Å². The largest absolute Gasteiger partial charge is 0.359 e. The van der Waals surface area contributed by atoms with Crippen molar-refractivity contribution in [3.8, 4) is 0 Å². The molecule has 0 amide bonds. The van der Waals surface area contributed by atoms with Crippen LogP contribution in [0.4, 0.5) is 0 Å². The molecule has 0 aliphatic heterocycles. The van der Waals surface area contributed by atoms with Gasteiger partial charge in [-0.2, -0.15) is 0 Å². The first-order chi connectivity index (χ1) is 11.5. The van der Waals surface area contributed by atoms with Crippen molar-refractivity contribution in [2.24, 2.45) is 34.5 Å². The van der Waals surface area contributed by atoms with E-state index in [9.17, 15) is 4.79 Å². The fourth-order valence-corrected chi connectivity index (χ4v) is 7.31. The van der Waals surface area contributed by atoms with E-state index in [1.54, 1.807) is 7.11 Å². The maximum atomic E-state index is 12.2. The Morgan fingerprint density at radius 1 is 1.08 bits per heavy atom. The number of hydrogen-bond donors (Lipinski definition) is 0. The van der Waals surface area contributed by atoms with Crippen LogP contribution in [-0.2, 0) is 14.3 Å². The molecule has 24 heavy (non-hydrogen) atoms. The Kier molecular flexibility index (Phi) is 4.32. The minimum absolute atomic E-state index is 0.320. The van der Waals surface area contributed by atoms with Gasteiger partial charge in [0.15, 0.2) is 0 Å². The fraction of sp³-hybridized carbons (Fsp3) is 0.952. The van der Waals surface area contributed by atoms with Crippen molar-refractivity contribution >= 4 is 5.78 Å². The molecule has 3 nitrogen and oxygen atoms in total. The molecular weight excluding hydrogens is 300 g/mol. The fourth-order valence-electron chi connectivity index (χ4n) is 7.31. The summed E-state index contributed by atoms with van der Waals surface area (Å²) in [7, 11) is 1.71. The first-order valence-electron chi connectivity index (χ1n) is 10.1. The summed E-state index contributed by atoms with van der Waals surface area (Å²) in [6.07, 6.45) is 11.1. The highest BCUT2D eigenvalue weighted by Gasteiger charge is 2.59. The third-order valence-electron chi connectivity index (χ3n) is 8.61. The second-order valence-electron chi connectivity index (χ2n) is 9.74. The van der Waals surface area contributed by atoms with Gasteiger partial charge in [0.2, 0.25) is 0 Å². The van der Waals surface area contributed by atoms with Gasteiger partial charge in [0.25, 0.3) is 0 Å². The lowest BCUT2D eigenvalue weighted by Gasteiger charge is -2.60. The summed E-state index contributed by atoms with van der Waals surface area (Å²) < 4.78 is 11.0. The van der Waals surface area contributed by atoms with Crippen LogP contribution in [0.3, 0.4) is 0 Å². The number of hydrogen-bond acceptors (Lipinski definition) is 3. The van der Waals surface area contributed by atoms with Gasteiger partial charge in [-0.15, -0.1) is 0 Å². The number of rotatable bonds is 3. The van der Waals surface area contributed by atoms with Crippen molar-refractivity contribution in [1.82, 2.24) is 0 Å². The number of Topliss-reactive ketones (excluding diaryl/α,β-unsaturated/α-hetero) is 1. The van der Waals surface area contributed by atoms with Crippen molar-refractivity contribution in [3.63, 3.8) is 0 Å². The van der Waals surface area contributed by atoms with E-state index < -0.39 is 0 Å². The molecule has 4 saturated carbocycles. The quantitative estimate of drug-likeness (QED) is 0.708. The number of carbonyl (C=O) groups excluding carboxylic acids is 1. The predicted octanol–water partition coefficient (Wildman–Crippen LogP) is 4.59. The van der Waals surface area contributed by atoms with Crippen LogP contribution in [0, 0.1) is 34.5 Å². The van der Waals surface area contributed by atoms with E-state index >= 15 is 0 Å². The van der Waals surface area contributed by atoms with Crippen molar-refractivity contribution in [3.05, 3.63) is 0 Å². The molecule has 4 aliphatic rings. The Morgan fingerprint density at radius 2 is 1.92 bits per heavy atom. The zero-order valence-electron chi connectivity index (χ0n) is 15.7. The van der Waals surface area contributed by atoms with Crippen LogP contribution in [0.2, 0.25) is 0 Å². The zero-order chi connectivity index (χ0) is 16.9. The maximum Gasteiger partial charge on any atom is 0.146 e. The molecule has 4 fully saturated rings. The van der Waals surface area contributed by atoms with Gasteiger partial charge in [-0.05, 0) is 79.4 Å². The number of methoxy groups -OCH3 is 1. The van der Waals surface area contributed by atoms with E-state index in [1.165, 1.54) is 44.9 Å². The molecule has 0 unspecified atom stereocenters. The first kappa shape index (κ1) is 17.0. The SMILES string of the molecule is COCO[C@H]1CC[C@]2(C)[C@@H](CC[C@@H]3[C@H]4CC(=O)C[C@]4(C)CC[C@H]32)C1. The molecule has 0 aromatic heterocycles. The second kappa shape index (κ2) is 6.09. The molecule has 0 heterocycles. The minimum atomic E-state index is 0.320. The molecule has 3 heteroatoms. The molecule has 0 N–H and O–H groups in total. The number of carbonyl (C=O) groups is 1. The van der Waals surface area contributed by atoms with Gasteiger partial charge in [0, 0.05) is 20.0 Å². The lowest BCUT2D eigenvalue weighted by molar-refractivity contribution is -0.149. The summed E-state index contributed by atoms with van der Waals surface area (Å²) >= 11 is 0. The number of ether oxygens (including phenoxy) is 2. The summed E-state index contributed by atoms with van der Waals surface area (Å²) in [5.41, 5.74) is 0.795. The van der Waals surface area contributed by atoms with Gasteiger partial charge < -0.3 is 9.47 Å². The Balaban J connectivity index is 1.51. The normalized spacial score (nSPS) is 51.0. The molecule has 136 valence electrons. The smallest absolute Gasteiger partial charge is 0.146 e. The Bertz CT molecular complexity index is 503. The zero-order valence-corrected chi connectivity index (χ0v) is 15.7. The minimum Gasteiger partial charge on any atom is -0.359 e. The predicted molar refractivity (Wildman–Crippen MR) is 93.5 cm³/mol. The van der Waals surface area contributed by atoms with E-state index in [0.29, 0.717) is 35.4 Å². The summed E-state index contributed by atoms with van der Waals surface area (Å²) in [4.78, 5) is 12.2. The van der Waals surface area contributed by atoms with Crippen LogP contribution in [0.1, 0.15) is 71.6 Å².